The van der Waals surface area contributed by atoms with Crippen molar-refractivity contribution in [2.45, 2.75) is 25.3 Å². The first-order chi connectivity index (χ1) is 14.0. The first-order valence-corrected chi connectivity index (χ1v) is 9.63. The predicted molar refractivity (Wildman–Crippen MR) is 107 cm³/mol. The molecule has 6 nitrogen and oxygen atoms in total. The molecule has 3 N–H and O–H groups in total. The van der Waals surface area contributed by atoms with Gasteiger partial charge in [0.05, 0.1) is 5.56 Å². The van der Waals surface area contributed by atoms with Gasteiger partial charge in [-0.25, -0.2) is 14.0 Å². The molecule has 1 aliphatic heterocycles. The molecule has 0 atom stereocenters. The van der Waals surface area contributed by atoms with Crippen LogP contribution in [0.4, 0.5) is 9.18 Å². The summed E-state index contributed by atoms with van der Waals surface area (Å²) in [6.07, 6.45) is 3.65. The maximum atomic E-state index is 13.4. The number of aromatic nitrogens is 1. The van der Waals surface area contributed by atoms with Gasteiger partial charge in [-0.05, 0) is 60.2 Å². The number of carboxylic acids is 1. The summed E-state index contributed by atoms with van der Waals surface area (Å²) in [5.41, 5.74) is 3.05. The van der Waals surface area contributed by atoms with Crippen molar-refractivity contribution < 1.29 is 19.1 Å². The number of hydrogen-bond donors (Lipinski definition) is 3. The lowest BCUT2D eigenvalue weighted by Crippen LogP contribution is -2.43. The van der Waals surface area contributed by atoms with Gasteiger partial charge in [0.25, 0.3) is 0 Å². The Kier molecular flexibility index (Phi) is 5.20. The van der Waals surface area contributed by atoms with E-state index < -0.39 is 5.97 Å². The van der Waals surface area contributed by atoms with Gasteiger partial charge in [0, 0.05) is 36.7 Å². The van der Waals surface area contributed by atoms with Crippen molar-refractivity contribution in [3.63, 3.8) is 0 Å². The molecule has 29 heavy (non-hydrogen) atoms. The summed E-state index contributed by atoms with van der Waals surface area (Å²) in [5, 5.41) is 12.9. The fourth-order valence-electron chi connectivity index (χ4n) is 3.91. The Bertz CT molecular complexity index is 1040. The molecule has 0 spiro atoms. The molecule has 7 heteroatoms. The zero-order chi connectivity index (χ0) is 20.4. The van der Waals surface area contributed by atoms with Crippen molar-refractivity contribution in [3.05, 3.63) is 71.2 Å². The minimum Gasteiger partial charge on any atom is -0.478 e. The Morgan fingerprint density at radius 3 is 2.55 bits per heavy atom. The minimum absolute atomic E-state index is 0.119. The summed E-state index contributed by atoms with van der Waals surface area (Å²) in [7, 11) is 0. The predicted octanol–water partition coefficient (Wildman–Crippen LogP) is 4.09. The second-order valence-corrected chi connectivity index (χ2v) is 7.36. The van der Waals surface area contributed by atoms with E-state index >= 15 is 0 Å². The van der Waals surface area contributed by atoms with Crippen LogP contribution in [0.1, 0.15) is 40.2 Å². The lowest BCUT2D eigenvalue weighted by molar-refractivity contribution is 0.0697. The Morgan fingerprint density at radius 1 is 1.14 bits per heavy atom. The highest BCUT2D eigenvalue weighted by Gasteiger charge is 2.25. The monoisotopic (exact) mass is 395 g/mol. The number of nitrogens with zero attached hydrogens (tertiary/aromatic N) is 1. The number of benzene rings is 2. The largest absolute Gasteiger partial charge is 0.478 e. The summed E-state index contributed by atoms with van der Waals surface area (Å²) in [6.45, 7) is 1.66. The number of aromatic amines is 1. The van der Waals surface area contributed by atoms with E-state index in [1.807, 2.05) is 12.3 Å². The van der Waals surface area contributed by atoms with Crippen molar-refractivity contribution in [2.24, 2.45) is 0 Å². The average Bonchev–Trinajstić information content (AvgIpc) is 3.15. The zero-order valence-electron chi connectivity index (χ0n) is 15.8. The van der Waals surface area contributed by atoms with Crippen LogP contribution in [0.25, 0.3) is 10.9 Å². The third kappa shape index (κ3) is 4.08. The van der Waals surface area contributed by atoms with Crippen LogP contribution in [0.3, 0.4) is 0 Å². The fourth-order valence-corrected chi connectivity index (χ4v) is 3.91. The van der Waals surface area contributed by atoms with Crippen LogP contribution in [0, 0.1) is 5.82 Å². The standard InChI is InChI=1S/C22H22FN3O3/c23-17-5-6-18-19(13-24-20(18)11-17)15-7-9-26(10-8-15)22(29)25-12-14-1-3-16(4-2-14)21(27)28/h1-6,11,13,15,24H,7-10,12H2,(H,25,29)(H,27,28). The number of fused-ring (bicyclic) bond motifs is 1. The van der Waals surface area contributed by atoms with E-state index in [1.54, 1.807) is 17.0 Å². The van der Waals surface area contributed by atoms with E-state index in [-0.39, 0.29) is 17.4 Å². The molecule has 3 aromatic rings. The smallest absolute Gasteiger partial charge is 0.335 e. The van der Waals surface area contributed by atoms with Gasteiger partial charge in [0.1, 0.15) is 5.82 Å². The molecule has 0 unspecified atom stereocenters. The number of carbonyl (C=O) groups excluding carboxylic acids is 1. The van der Waals surface area contributed by atoms with Crippen LogP contribution < -0.4 is 5.32 Å². The van der Waals surface area contributed by atoms with Crippen molar-refractivity contribution in [2.75, 3.05) is 13.1 Å². The van der Waals surface area contributed by atoms with E-state index in [2.05, 4.69) is 10.3 Å². The molecule has 2 amide bonds. The molecule has 2 heterocycles. The Balaban J connectivity index is 1.31. The number of H-pyrrole nitrogens is 1. The lowest BCUT2D eigenvalue weighted by Gasteiger charge is -2.32. The van der Waals surface area contributed by atoms with Crippen LogP contribution in [-0.4, -0.2) is 40.1 Å². The van der Waals surface area contributed by atoms with Crippen LogP contribution in [0.15, 0.2) is 48.7 Å². The SMILES string of the molecule is O=C(O)c1ccc(CNC(=O)N2CCC(c3c[nH]c4cc(F)ccc34)CC2)cc1. The van der Waals surface area contributed by atoms with Gasteiger partial charge in [0.15, 0.2) is 0 Å². The highest BCUT2D eigenvalue weighted by Crippen LogP contribution is 2.33. The summed E-state index contributed by atoms with van der Waals surface area (Å²) in [5.74, 6) is -0.888. The number of aromatic carboxylic acids is 1. The van der Waals surface area contributed by atoms with Gasteiger partial charge in [0.2, 0.25) is 0 Å². The van der Waals surface area contributed by atoms with Crippen molar-refractivity contribution in [1.82, 2.24) is 15.2 Å². The first-order valence-electron chi connectivity index (χ1n) is 9.63. The molecule has 0 saturated carbocycles. The molecule has 0 radical (unpaired) electrons. The van der Waals surface area contributed by atoms with Crippen LogP contribution >= 0.6 is 0 Å². The van der Waals surface area contributed by atoms with E-state index in [4.69, 9.17) is 5.11 Å². The molecule has 150 valence electrons. The molecule has 1 saturated heterocycles. The summed E-state index contributed by atoms with van der Waals surface area (Å²) >= 11 is 0. The first kappa shape index (κ1) is 19.0. The van der Waals surface area contributed by atoms with Gasteiger partial charge >= 0.3 is 12.0 Å². The maximum Gasteiger partial charge on any atom is 0.335 e. The number of nitrogens with one attached hydrogen (secondary N) is 2. The maximum absolute atomic E-state index is 13.4. The van der Waals surface area contributed by atoms with Crippen LogP contribution in [0.2, 0.25) is 0 Å². The number of carboxylic acid groups (broad SMARTS) is 1. The lowest BCUT2D eigenvalue weighted by atomic mass is 9.89. The third-order valence-corrected chi connectivity index (χ3v) is 5.54. The van der Waals surface area contributed by atoms with Crippen molar-refractivity contribution in [1.29, 1.82) is 0 Å². The number of piperidine rings is 1. The summed E-state index contributed by atoms with van der Waals surface area (Å²) in [6, 6.07) is 11.1. The normalized spacial score (nSPS) is 14.9. The summed E-state index contributed by atoms with van der Waals surface area (Å²) < 4.78 is 13.4. The highest BCUT2D eigenvalue weighted by atomic mass is 19.1. The summed E-state index contributed by atoms with van der Waals surface area (Å²) in [4.78, 5) is 28.3. The van der Waals surface area contributed by atoms with Gasteiger partial charge in [-0.3, -0.25) is 0 Å². The molecule has 4 rings (SSSR count). The second kappa shape index (κ2) is 7.95. The van der Waals surface area contributed by atoms with E-state index in [0.717, 1.165) is 29.3 Å². The molecule has 1 aliphatic rings. The number of hydrogen-bond acceptors (Lipinski definition) is 2. The molecule has 2 aromatic carbocycles. The Labute approximate surface area is 167 Å². The van der Waals surface area contributed by atoms with E-state index in [1.165, 1.54) is 29.8 Å². The van der Waals surface area contributed by atoms with Crippen molar-refractivity contribution in [3.8, 4) is 0 Å². The Hall–Kier alpha value is -3.35. The molecular weight excluding hydrogens is 373 g/mol. The molecule has 0 bridgehead atoms. The van der Waals surface area contributed by atoms with E-state index in [0.29, 0.717) is 25.6 Å². The number of rotatable bonds is 4. The number of carbonyl (C=O) groups is 2. The number of amides is 2. The van der Waals surface area contributed by atoms with Crippen LogP contribution in [-0.2, 0) is 6.54 Å². The molecule has 1 fully saturated rings. The quantitative estimate of drug-likeness (QED) is 0.622. The number of halogens is 1. The molecule has 0 aliphatic carbocycles. The zero-order valence-corrected chi connectivity index (χ0v) is 15.8. The minimum atomic E-state index is -0.969. The van der Waals surface area contributed by atoms with Gasteiger partial charge in [-0.2, -0.15) is 0 Å². The topological polar surface area (TPSA) is 85.4 Å². The van der Waals surface area contributed by atoms with Crippen LogP contribution in [0.5, 0.6) is 0 Å². The Morgan fingerprint density at radius 2 is 1.86 bits per heavy atom. The number of urea groups is 1. The van der Waals surface area contributed by atoms with Gasteiger partial charge in [-0.15, -0.1) is 0 Å². The fraction of sp³-hybridized carbons (Fsp3) is 0.273. The highest BCUT2D eigenvalue weighted by molar-refractivity contribution is 5.87. The van der Waals surface area contributed by atoms with Gasteiger partial charge in [-0.1, -0.05) is 12.1 Å². The third-order valence-electron chi connectivity index (χ3n) is 5.54. The number of likely N-dealkylation sites (tertiary alicyclic amines) is 1. The molecular formula is C22H22FN3O3. The van der Waals surface area contributed by atoms with Crippen molar-refractivity contribution >= 4 is 22.9 Å². The average molecular weight is 395 g/mol. The molecule has 1 aromatic heterocycles. The van der Waals surface area contributed by atoms with E-state index in [9.17, 15) is 14.0 Å². The second-order valence-electron chi connectivity index (χ2n) is 7.36. The van der Waals surface area contributed by atoms with Gasteiger partial charge < -0.3 is 20.3 Å².